The van der Waals surface area contributed by atoms with Gasteiger partial charge >= 0.3 is 0 Å². The van der Waals surface area contributed by atoms with E-state index in [4.69, 9.17) is 21.1 Å². The van der Waals surface area contributed by atoms with E-state index >= 15 is 0 Å². The first-order chi connectivity index (χ1) is 13.7. The van der Waals surface area contributed by atoms with E-state index in [1.54, 1.807) is 38.3 Å². The minimum Gasteiger partial charge on any atom is -0.497 e. The number of ether oxygens (including phenoxy) is 2. The molecule has 0 bridgehead atoms. The van der Waals surface area contributed by atoms with Crippen LogP contribution in [0.25, 0.3) is 0 Å². The summed E-state index contributed by atoms with van der Waals surface area (Å²) in [5, 5.41) is 3.06. The van der Waals surface area contributed by atoms with Gasteiger partial charge in [-0.3, -0.25) is 9.10 Å². The van der Waals surface area contributed by atoms with E-state index in [2.05, 4.69) is 5.32 Å². The molecule has 0 saturated heterocycles. The monoisotopic (exact) mass is 440 g/mol. The number of nitrogens with one attached hydrogen (secondary N) is 1. The van der Waals surface area contributed by atoms with Gasteiger partial charge in [-0.1, -0.05) is 30.7 Å². The number of methoxy groups -OCH3 is 2. The second kappa shape index (κ2) is 9.84. The van der Waals surface area contributed by atoms with Gasteiger partial charge < -0.3 is 14.8 Å². The number of carbonyl (C=O) groups excluding carboxylic acids is 1. The highest BCUT2D eigenvalue weighted by atomic mass is 35.5. The lowest BCUT2D eigenvalue weighted by Gasteiger charge is -2.30. The number of carbonyl (C=O) groups is 1. The average molecular weight is 441 g/mol. The summed E-state index contributed by atoms with van der Waals surface area (Å²) in [7, 11) is -0.700. The Hall–Kier alpha value is -2.45. The molecule has 1 amide bonds. The molecule has 0 aliphatic heterocycles. The van der Waals surface area contributed by atoms with Crippen molar-refractivity contribution in [1.82, 2.24) is 5.32 Å². The van der Waals surface area contributed by atoms with Crippen LogP contribution >= 0.6 is 11.6 Å². The predicted molar refractivity (Wildman–Crippen MR) is 114 cm³/mol. The van der Waals surface area contributed by atoms with Crippen LogP contribution in [0, 0.1) is 0 Å². The molecule has 0 aliphatic rings. The largest absolute Gasteiger partial charge is 0.497 e. The predicted octanol–water partition coefficient (Wildman–Crippen LogP) is 3.22. The summed E-state index contributed by atoms with van der Waals surface area (Å²) >= 11 is 6.16. The number of rotatable bonds is 9. The van der Waals surface area contributed by atoms with Crippen LogP contribution in [0.5, 0.6) is 11.5 Å². The van der Waals surface area contributed by atoms with E-state index in [-0.39, 0.29) is 18.0 Å². The highest BCUT2D eigenvalue weighted by Crippen LogP contribution is 2.31. The van der Waals surface area contributed by atoms with E-state index in [9.17, 15) is 13.2 Å². The molecule has 0 spiro atoms. The summed E-state index contributed by atoms with van der Waals surface area (Å²) in [6.45, 7) is 2.02. The van der Waals surface area contributed by atoms with E-state index in [1.807, 2.05) is 12.1 Å². The smallest absolute Gasteiger partial charge is 0.244 e. The summed E-state index contributed by atoms with van der Waals surface area (Å²) in [5.41, 5.74) is 1.16. The molecular weight excluding hydrogens is 416 g/mol. The van der Waals surface area contributed by atoms with Gasteiger partial charge in [0, 0.05) is 6.54 Å². The third-order valence-corrected chi connectivity index (χ3v) is 5.82. The van der Waals surface area contributed by atoms with Gasteiger partial charge in [-0.15, -0.1) is 0 Å². The van der Waals surface area contributed by atoms with Crippen molar-refractivity contribution in [1.29, 1.82) is 0 Å². The zero-order valence-electron chi connectivity index (χ0n) is 16.8. The summed E-state index contributed by atoms with van der Waals surface area (Å²) in [4.78, 5) is 12.8. The van der Waals surface area contributed by atoms with Gasteiger partial charge in [-0.25, -0.2) is 8.42 Å². The van der Waals surface area contributed by atoms with Gasteiger partial charge in [0.25, 0.3) is 0 Å². The third-order valence-electron chi connectivity index (χ3n) is 4.35. The molecule has 9 heteroatoms. The fourth-order valence-corrected chi connectivity index (χ4v) is 4.36. The van der Waals surface area contributed by atoms with Crippen molar-refractivity contribution in [2.24, 2.45) is 0 Å². The van der Waals surface area contributed by atoms with E-state index in [0.29, 0.717) is 17.2 Å². The van der Waals surface area contributed by atoms with Crippen molar-refractivity contribution in [3.05, 3.63) is 53.1 Å². The Balaban J connectivity index is 2.25. The van der Waals surface area contributed by atoms with Gasteiger partial charge in [0.15, 0.2) is 0 Å². The molecule has 0 heterocycles. The van der Waals surface area contributed by atoms with E-state index in [0.717, 1.165) is 16.1 Å². The molecule has 0 aliphatic carbocycles. The van der Waals surface area contributed by atoms with Crippen molar-refractivity contribution in [3.8, 4) is 11.5 Å². The Kier molecular flexibility index (Phi) is 7.75. The van der Waals surface area contributed by atoms with Crippen LogP contribution in [0.3, 0.4) is 0 Å². The first-order valence-corrected chi connectivity index (χ1v) is 11.2. The molecule has 2 aromatic rings. The molecule has 0 radical (unpaired) electrons. The van der Waals surface area contributed by atoms with Gasteiger partial charge in [0.2, 0.25) is 15.9 Å². The highest BCUT2D eigenvalue weighted by molar-refractivity contribution is 7.92. The zero-order valence-corrected chi connectivity index (χ0v) is 18.4. The van der Waals surface area contributed by atoms with Crippen LogP contribution < -0.4 is 19.1 Å². The number of halogens is 1. The molecule has 2 aromatic carbocycles. The summed E-state index contributed by atoms with van der Waals surface area (Å²) in [6, 6.07) is 10.9. The van der Waals surface area contributed by atoms with Crippen LogP contribution in [0.2, 0.25) is 5.02 Å². The topological polar surface area (TPSA) is 84.9 Å². The molecule has 2 rings (SSSR count). The Morgan fingerprint density at radius 1 is 1.14 bits per heavy atom. The van der Waals surface area contributed by atoms with Crippen LogP contribution in [0.15, 0.2) is 42.5 Å². The number of anilines is 1. The minimum atomic E-state index is -3.75. The van der Waals surface area contributed by atoms with Crippen molar-refractivity contribution in [2.45, 2.75) is 25.9 Å². The quantitative estimate of drug-likeness (QED) is 0.647. The summed E-state index contributed by atoms with van der Waals surface area (Å²) in [6.07, 6.45) is 1.34. The molecule has 29 heavy (non-hydrogen) atoms. The van der Waals surface area contributed by atoms with Gasteiger partial charge in [-0.05, 0) is 42.3 Å². The minimum absolute atomic E-state index is 0.257. The Bertz CT molecular complexity index is 948. The maximum atomic E-state index is 12.8. The van der Waals surface area contributed by atoms with Crippen molar-refractivity contribution >= 4 is 33.2 Å². The lowest BCUT2D eigenvalue weighted by molar-refractivity contribution is -0.122. The highest BCUT2D eigenvalue weighted by Gasteiger charge is 2.31. The third kappa shape index (κ3) is 5.77. The number of hydrogen-bond acceptors (Lipinski definition) is 5. The zero-order chi connectivity index (χ0) is 21.6. The van der Waals surface area contributed by atoms with Gasteiger partial charge in [-0.2, -0.15) is 0 Å². The average Bonchev–Trinajstić information content (AvgIpc) is 2.69. The Labute approximate surface area is 176 Å². The Morgan fingerprint density at radius 2 is 1.79 bits per heavy atom. The summed E-state index contributed by atoms with van der Waals surface area (Å²) in [5.74, 6) is 0.729. The SMILES string of the molecule is CCC(C(=O)NCc1ccc(OC)cc1)N(c1ccc(OC)c(Cl)c1)S(C)(=O)=O. The molecule has 158 valence electrons. The lowest BCUT2D eigenvalue weighted by Crippen LogP contribution is -2.49. The molecule has 0 fully saturated rings. The van der Waals surface area contributed by atoms with Crippen LogP contribution in [0.1, 0.15) is 18.9 Å². The molecular formula is C20H25ClN2O5S. The van der Waals surface area contributed by atoms with Gasteiger partial charge in [0.05, 0.1) is 31.2 Å². The van der Waals surface area contributed by atoms with Crippen LogP contribution in [-0.4, -0.2) is 40.8 Å². The number of nitrogens with zero attached hydrogens (tertiary/aromatic N) is 1. The van der Waals surface area contributed by atoms with Crippen LogP contribution in [0.4, 0.5) is 5.69 Å². The maximum absolute atomic E-state index is 12.8. The lowest BCUT2D eigenvalue weighted by atomic mass is 10.1. The molecule has 1 unspecified atom stereocenters. The fourth-order valence-electron chi connectivity index (χ4n) is 2.90. The number of sulfonamides is 1. The first-order valence-electron chi connectivity index (χ1n) is 8.94. The van der Waals surface area contributed by atoms with E-state index < -0.39 is 22.0 Å². The number of benzene rings is 2. The van der Waals surface area contributed by atoms with Crippen molar-refractivity contribution in [2.75, 3.05) is 24.8 Å². The number of amides is 1. The van der Waals surface area contributed by atoms with E-state index in [1.165, 1.54) is 13.2 Å². The second-order valence-electron chi connectivity index (χ2n) is 6.37. The Morgan fingerprint density at radius 3 is 2.28 bits per heavy atom. The van der Waals surface area contributed by atoms with Crippen LogP contribution in [-0.2, 0) is 21.4 Å². The summed E-state index contributed by atoms with van der Waals surface area (Å²) < 4.78 is 36.3. The fraction of sp³-hybridized carbons (Fsp3) is 0.350. The molecule has 1 N–H and O–H groups in total. The normalized spacial score (nSPS) is 12.2. The van der Waals surface area contributed by atoms with Crippen molar-refractivity contribution < 1.29 is 22.7 Å². The van der Waals surface area contributed by atoms with Gasteiger partial charge in [0.1, 0.15) is 17.5 Å². The molecule has 0 saturated carbocycles. The first kappa shape index (κ1) is 22.8. The number of hydrogen-bond donors (Lipinski definition) is 1. The maximum Gasteiger partial charge on any atom is 0.244 e. The standard InChI is InChI=1S/C20H25ClN2O5S/c1-5-18(20(24)22-13-14-6-9-16(27-2)10-7-14)23(29(4,25)26)15-8-11-19(28-3)17(21)12-15/h6-12,18H,5,13H2,1-4H3,(H,22,24). The second-order valence-corrected chi connectivity index (χ2v) is 8.63. The molecule has 7 nitrogen and oxygen atoms in total. The van der Waals surface area contributed by atoms with Crippen molar-refractivity contribution in [3.63, 3.8) is 0 Å². The molecule has 1 atom stereocenters. The molecule has 0 aromatic heterocycles.